The molecule has 1 rings (SSSR count). The Labute approximate surface area is 94.9 Å². The predicted molar refractivity (Wildman–Crippen MR) is 61.0 cm³/mol. The number of hydrogen-bond donors (Lipinski definition) is 1. The quantitative estimate of drug-likeness (QED) is 0.774. The van der Waals surface area contributed by atoms with E-state index in [4.69, 9.17) is 6.42 Å². The van der Waals surface area contributed by atoms with Crippen LogP contribution in [0.2, 0.25) is 0 Å². The van der Waals surface area contributed by atoms with E-state index in [1.54, 1.807) is 14.0 Å². The van der Waals surface area contributed by atoms with E-state index >= 15 is 0 Å². The predicted octanol–water partition coefficient (Wildman–Crippen LogP) is 2.95. The van der Waals surface area contributed by atoms with Gasteiger partial charge in [-0.2, -0.15) is 0 Å². The zero-order valence-electron chi connectivity index (χ0n) is 9.48. The number of terminal acetylenes is 1. The molecule has 1 unspecified atom stereocenters. The zero-order valence-corrected chi connectivity index (χ0v) is 9.48. The molecular formula is C13H15F2N. The third-order valence-corrected chi connectivity index (χ3v) is 2.59. The fourth-order valence-electron chi connectivity index (χ4n) is 1.66. The first-order valence-electron chi connectivity index (χ1n) is 5.17. The fraction of sp³-hybridized carbons (Fsp3) is 0.385. The van der Waals surface area contributed by atoms with Crippen molar-refractivity contribution in [3.8, 4) is 12.3 Å². The van der Waals surface area contributed by atoms with Crippen molar-refractivity contribution in [1.82, 2.24) is 5.32 Å². The van der Waals surface area contributed by atoms with Crippen LogP contribution in [0.3, 0.4) is 0 Å². The Bertz CT molecular complexity index is 407. The Balaban J connectivity index is 3.09. The van der Waals surface area contributed by atoms with E-state index in [1.807, 2.05) is 0 Å². The molecule has 1 aromatic carbocycles. The summed E-state index contributed by atoms with van der Waals surface area (Å²) in [6.07, 6.45) is 6.15. The lowest BCUT2D eigenvalue weighted by Gasteiger charge is -2.17. The first kappa shape index (κ1) is 12.7. The molecular weight excluding hydrogens is 208 g/mol. The minimum atomic E-state index is -0.528. The van der Waals surface area contributed by atoms with Crippen LogP contribution in [0.5, 0.6) is 0 Å². The van der Waals surface area contributed by atoms with Gasteiger partial charge in [-0.15, -0.1) is 12.3 Å². The Morgan fingerprint density at radius 2 is 2.12 bits per heavy atom. The van der Waals surface area contributed by atoms with Crippen LogP contribution in [-0.2, 0) is 0 Å². The second kappa shape index (κ2) is 5.62. The van der Waals surface area contributed by atoms with Gasteiger partial charge in [0, 0.05) is 18.0 Å². The van der Waals surface area contributed by atoms with Crippen LogP contribution in [-0.4, -0.2) is 7.05 Å². The molecule has 0 bridgehead atoms. The van der Waals surface area contributed by atoms with Crippen LogP contribution in [0.4, 0.5) is 8.78 Å². The summed E-state index contributed by atoms with van der Waals surface area (Å²) in [7, 11) is 1.67. The molecule has 0 radical (unpaired) electrons. The maximum Gasteiger partial charge on any atom is 0.133 e. The lowest BCUT2D eigenvalue weighted by Crippen LogP contribution is -2.19. The lowest BCUT2D eigenvalue weighted by molar-refractivity contribution is 0.472. The molecule has 0 spiro atoms. The van der Waals surface area contributed by atoms with Crippen LogP contribution >= 0.6 is 0 Å². The first-order valence-corrected chi connectivity index (χ1v) is 5.17. The average Bonchev–Trinajstić information content (AvgIpc) is 2.28. The number of aryl methyl sites for hydroxylation is 1. The smallest absolute Gasteiger partial charge is 0.133 e. The molecule has 0 heterocycles. The second-order valence-electron chi connectivity index (χ2n) is 3.68. The van der Waals surface area contributed by atoms with Gasteiger partial charge >= 0.3 is 0 Å². The Morgan fingerprint density at radius 3 is 2.69 bits per heavy atom. The minimum absolute atomic E-state index is 0.0813. The zero-order chi connectivity index (χ0) is 12.1. The van der Waals surface area contributed by atoms with Crippen LogP contribution < -0.4 is 5.32 Å². The van der Waals surface area contributed by atoms with Crippen molar-refractivity contribution in [3.05, 3.63) is 34.9 Å². The van der Waals surface area contributed by atoms with E-state index in [9.17, 15) is 8.78 Å². The largest absolute Gasteiger partial charge is 0.313 e. The van der Waals surface area contributed by atoms with Crippen molar-refractivity contribution >= 4 is 0 Å². The summed E-state index contributed by atoms with van der Waals surface area (Å²) in [5.41, 5.74) is 0.523. The van der Waals surface area contributed by atoms with Gasteiger partial charge in [-0.25, -0.2) is 8.78 Å². The van der Waals surface area contributed by atoms with Crippen LogP contribution in [0.25, 0.3) is 0 Å². The van der Waals surface area contributed by atoms with E-state index in [-0.39, 0.29) is 11.6 Å². The molecule has 1 aromatic rings. The molecule has 86 valence electrons. The lowest BCUT2D eigenvalue weighted by atomic mass is 9.99. The Hall–Kier alpha value is -1.40. The molecule has 0 aromatic heterocycles. The van der Waals surface area contributed by atoms with E-state index in [0.29, 0.717) is 18.4 Å². The third-order valence-electron chi connectivity index (χ3n) is 2.59. The summed E-state index contributed by atoms with van der Waals surface area (Å²) in [4.78, 5) is 0. The van der Waals surface area contributed by atoms with Crippen LogP contribution in [0.1, 0.15) is 30.0 Å². The molecule has 0 amide bonds. The van der Waals surface area contributed by atoms with E-state index in [2.05, 4.69) is 11.2 Å². The summed E-state index contributed by atoms with van der Waals surface area (Å²) in [6.45, 7) is 1.62. The van der Waals surface area contributed by atoms with Crippen LogP contribution in [0.15, 0.2) is 12.1 Å². The van der Waals surface area contributed by atoms with Crippen LogP contribution in [0, 0.1) is 30.9 Å². The van der Waals surface area contributed by atoms with Gasteiger partial charge in [-0.3, -0.25) is 0 Å². The Kier molecular flexibility index (Phi) is 4.45. The highest BCUT2D eigenvalue weighted by atomic mass is 19.1. The van der Waals surface area contributed by atoms with Crippen molar-refractivity contribution in [1.29, 1.82) is 0 Å². The molecule has 1 nitrogen and oxygen atoms in total. The van der Waals surface area contributed by atoms with Gasteiger partial charge in [0.1, 0.15) is 11.6 Å². The second-order valence-corrected chi connectivity index (χ2v) is 3.68. The van der Waals surface area contributed by atoms with Gasteiger partial charge < -0.3 is 5.32 Å². The van der Waals surface area contributed by atoms with Crippen molar-refractivity contribution < 1.29 is 8.78 Å². The summed E-state index contributed by atoms with van der Waals surface area (Å²) in [5, 5.41) is 2.89. The summed E-state index contributed by atoms with van der Waals surface area (Å²) < 4.78 is 27.4. The molecule has 0 aliphatic heterocycles. The van der Waals surface area contributed by atoms with Crippen molar-refractivity contribution in [2.45, 2.75) is 25.8 Å². The highest BCUT2D eigenvalue weighted by molar-refractivity contribution is 5.29. The van der Waals surface area contributed by atoms with Gasteiger partial charge in [-0.1, -0.05) is 6.07 Å². The maximum absolute atomic E-state index is 13.8. The van der Waals surface area contributed by atoms with Crippen molar-refractivity contribution in [2.75, 3.05) is 7.05 Å². The number of rotatable bonds is 4. The van der Waals surface area contributed by atoms with Gasteiger partial charge in [0.25, 0.3) is 0 Å². The van der Waals surface area contributed by atoms with Gasteiger partial charge in [-0.05, 0) is 32.0 Å². The molecule has 0 saturated heterocycles. The molecule has 0 saturated carbocycles. The number of benzene rings is 1. The van der Waals surface area contributed by atoms with E-state index in [0.717, 1.165) is 0 Å². The molecule has 3 heteroatoms. The highest BCUT2D eigenvalue weighted by Crippen LogP contribution is 2.26. The van der Waals surface area contributed by atoms with E-state index < -0.39 is 11.6 Å². The third kappa shape index (κ3) is 2.59. The number of halogens is 2. The molecule has 0 fully saturated rings. The monoisotopic (exact) mass is 223 g/mol. The fourth-order valence-corrected chi connectivity index (χ4v) is 1.66. The van der Waals surface area contributed by atoms with Crippen molar-refractivity contribution in [3.63, 3.8) is 0 Å². The Morgan fingerprint density at radius 1 is 1.44 bits per heavy atom. The maximum atomic E-state index is 13.8. The SMILES string of the molecule is C#CCCC(NC)c1c(F)ccc(C)c1F. The molecule has 1 atom stereocenters. The van der Waals surface area contributed by atoms with Gasteiger partial charge in [0.2, 0.25) is 0 Å². The molecule has 1 N–H and O–H groups in total. The first-order chi connectivity index (χ1) is 7.61. The average molecular weight is 223 g/mol. The molecule has 16 heavy (non-hydrogen) atoms. The highest BCUT2D eigenvalue weighted by Gasteiger charge is 2.19. The summed E-state index contributed by atoms with van der Waals surface area (Å²) in [5.74, 6) is 1.45. The normalized spacial score (nSPS) is 12.2. The summed E-state index contributed by atoms with van der Waals surface area (Å²) >= 11 is 0. The number of nitrogens with one attached hydrogen (secondary N) is 1. The van der Waals surface area contributed by atoms with E-state index in [1.165, 1.54) is 12.1 Å². The molecule has 0 aliphatic rings. The topological polar surface area (TPSA) is 12.0 Å². The summed E-state index contributed by atoms with van der Waals surface area (Å²) in [6, 6.07) is 2.34. The minimum Gasteiger partial charge on any atom is -0.313 e. The van der Waals surface area contributed by atoms with Gasteiger partial charge in [0.15, 0.2) is 0 Å². The van der Waals surface area contributed by atoms with Crippen molar-refractivity contribution in [2.24, 2.45) is 0 Å². The van der Waals surface area contributed by atoms with Gasteiger partial charge in [0.05, 0.1) is 0 Å². The standard InChI is InChI=1S/C13H15F2N/c1-4-5-6-11(16-3)12-10(14)8-7-9(2)13(12)15/h1,7-8,11,16H,5-6H2,2-3H3. The molecule has 0 aliphatic carbocycles. The number of hydrogen-bond acceptors (Lipinski definition) is 1.